The molecule has 14 heavy (non-hydrogen) atoms. The number of benzene rings is 1. The first-order chi connectivity index (χ1) is 6.59. The molecule has 1 fully saturated rings. The molecule has 0 bridgehead atoms. The van der Waals surface area contributed by atoms with Crippen LogP contribution in [0.15, 0.2) is 18.2 Å². The van der Waals surface area contributed by atoms with Gasteiger partial charge in [0.15, 0.2) is 0 Å². The summed E-state index contributed by atoms with van der Waals surface area (Å²) < 4.78 is 13.4. The summed E-state index contributed by atoms with van der Waals surface area (Å²) in [7, 11) is 0. The molecule has 0 saturated carbocycles. The highest BCUT2D eigenvalue weighted by Crippen LogP contribution is 2.29. The van der Waals surface area contributed by atoms with E-state index in [-0.39, 0.29) is 18.0 Å². The fourth-order valence-corrected chi connectivity index (χ4v) is 1.66. The molecule has 0 spiro atoms. The van der Waals surface area contributed by atoms with Crippen molar-refractivity contribution in [2.24, 2.45) is 0 Å². The van der Waals surface area contributed by atoms with Crippen molar-refractivity contribution >= 4 is 11.4 Å². The monoisotopic (exact) mass is 196 g/mol. The Bertz CT molecular complexity index is 356. The van der Waals surface area contributed by atoms with Crippen LogP contribution in [0.1, 0.15) is 6.92 Å². The minimum atomic E-state index is -0.355. The molecule has 4 heteroatoms. The average molecular weight is 196 g/mol. The number of rotatable bonds is 1. The molecular weight excluding hydrogens is 183 g/mol. The van der Waals surface area contributed by atoms with Crippen molar-refractivity contribution in [3.05, 3.63) is 24.0 Å². The number of β-amino-alcohol motifs (C(OH)–C–C–N with tert-alkyl or cyclic N) is 1. The van der Waals surface area contributed by atoms with Crippen LogP contribution in [0.3, 0.4) is 0 Å². The predicted octanol–water partition coefficient (Wildman–Crippen LogP) is 0.977. The van der Waals surface area contributed by atoms with E-state index in [1.165, 1.54) is 6.07 Å². The van der Waals surface area contributed by atoms with Crippen LogP contribution in [0.25, 0.3) is 0 Å². The lowest BCUT2D eigenvalue weighted by Crippen LogP contribution is -2.59. The van der Waals surface area contributed by atoms with Gasteiger partial charge in [-0.05, 0) is 25.1 Å². The number of nitrogen functional groups attached to an aromatic ring is 1. The van der Waals surface area contributed by atoms with Gasteiger partial charge in [-0.1, -0.05) is 0 Å². The number of hydrogen-bond acceptors (Lipinski definition) is 3. The number of hydrogen-bond donors (Lipinski definition) is 2. The van der Waals surface area contributed by atoms with Gasteiger partial charge in [-0.3, -0.25) is 0 Å². The molecular formula is C10H13FN2O. The number of anilines is 2. The highest BCUT2D eigenvalue weighted by atomic mass is 19.1. The molecule has 0 radical (unpaired) electrons. The summed E-state index contributed by atoms with van der Waals surface area (Å²) in [5.74, 6) is -0.330. The van der Waals surface area contributed by atoms with E-state index in [0.29, 0.717) is 17.9 Å². The van der Waals surface area contributed by atoms with Crippen molar-refractivity contribution < 1.29 is 9.50 Å². The Morgan fingerprint density at radius 1 is 1.57 bits per heavy atom. The number of aliphatic hydroxyl groups is 1. The molecule has 1 aliphatic heterocycles. The van der Waals surface area contributed by atoms with Gasteiger partial charge in [-0.2, -0.15) is 0 Å². The van der Waals surface area contributed by atoms with Crippen molar-refractivity contribution in [2.75, 3.05) is 17.2 Å². The third-order valence-electron chi connectivity index (χ3n) is 2.71. The molecule has 3 N–H and O–H groups in total. The predicted molar refractivity (Wildman–Crippen MR) is 53.6 cm³/mol. The lowest BCUT2D eigenvalue weighted by molar-refractivity contribution is 0.0988. The van der Waals surface area contributed by atoms with Crippen LogP contribution in [0.5, 0.6) is 0 Å². The van der Waals surface area contributed by atoms with Gasteiger partial charge in [0, 0.05) is 12.2 Å². The average Bonchev–Trinajstić information content (AvgIpc) is 2.15. The molecule has 2 unspecified atom stereocenters. The second-order valence-electron chi connectivity index (χ2n) is 3.67. The SMILES string of the molecule is CC1C(O)CN1c1ccc(N)cc1F. The lowest BCUT2D eigenvalue weighted by Gasteiger charge is -2.45. The van der Waals surface area contributed by atoms with Crippen LogP contribution in [0.4, 0.5) is 15.8 Å². The normalized spacial score (nSPS) is 26.1. The smallest absolute Gasteiger partial charge is 0.148 e. The van der Waals surface area contributed by atoms with Gasteiger partial charge in [0.05, 0.1) is 17.8 Å². The first-order valence-corrected chi connectivity index (χ1v) is 4.59. The zero-order valence-electron chi connectivity index (χ0n) is 7.94. The van der Waals surface area contributed by atoms with Gasteiger partial charge in [-0.25, -0.2) is 4.39 Å². The van der Waals surface area contributed by atoms with Crippen LogP contribution in [0, 0.1) is 5.82 Å². The first-order valence-electron chi connectivity index (χ1n) is 4.59. The molecule has 2 rings (SSSR count). The number of halogens is 1. The molecule has 0 amide bonds. The molecule has 1 aromatic carbocycles. The van der Waals surface area contributed by atoms with E-state index < -0.39 is 0 Å². The molecule has 0 aromatic heterocycles. The highest BCUT2D eigenvalue weighted by Gasteiger charge is 2.35. The van der Waals surface area contributed by atoms with Crippen LogP contribution in [-0.4, -0.2) is 23.8 Å². The molecule has 1 heterocycles. The Hall–Kier alpha value is -1.29. The van der Waals surface area contributed by atoms with Crippen molar-refractivity contribution in [2.45, 2.75) is 19.1 Å². The van der Waals surface area contributed by atoms with E-state index in [4.69, 9.17) is 5.73 Å². The second kappa shape index (κ2) is 3.13. The Morgan fingerprint density at radius 2 is 2.29 bits per heavy atom. The summed E-state index contributed by atoms with van der Waals surface area (Å²) in [6, 6.07) is 4.59. The standard InChI is InChI=1S/C10H13FN2O/c1-6-10(14)5-13(6)9-3-2-7(12)4-8(9)11/h2-4,6,10,14H,5,12H2,1H3. The van der Waals surface area contributed by atoms with Gasteiger partial charge in [0.1, 0.15) is 5.82 Å². The van der Waals surface area contributed by atoms with E-state index in [1.54, 1.807) is 12.1 Å². The second-order valence-corrected chi connectivity index (χ2v) is 3.67. The highest BCUT2D eigenvalue weighted by molar-refractivity contribution is 5.57. The van der Waals surface area contributed by atoms with Gasteiger partial charge >= 0.3 is 0 Å². The molecule has 2 atom stereocenters. The maximum atomic E-state index is 13.4. The summed E-state index contributed by atoms with van der Waals surface area (Å²) >= 11 is 0. The number of aliphatic hydroxyl groups excluding tert-OH is 1. The van der Waals surface area contributed by atoms with Crippen LogP contribution < -0.4 is 10.6 Å². The van der Waals surface area contributed by atoms with Gasteiger partial charge < -0.3 is 15.7 Å². The van der Waals surface area contributed by atoms with Crippen molar-refractivity contribution in [3.63, 3.8) is 0 Å². The summed E-state index contributed by atoms with van der Waals surface area (Å²) in [5.41, 5.74) is 6.37. The summed E-state index contributed by atoms with van der Waals surface area (Å²) in [4.78, 5) is 1.82. The zero-order valence-corrected chi connectivity index (χ0v) is 7.94. The molecule has 1 saturated heterocycles. The van der Waals surface area contributed by atoms with E-state index in [9.17, 15) is 9.50 Å². The van der Waals surface area contributed by atoms with E-state index >= 15 is 0 Å². The molecule has 76 valence electrons. The van der Waals surface area contributed by atoms with Crippen molar-refractivity contribution in [3.8, 4) is 0 Å². The number of nitrogens with zero attached hydrogens (tertiary/aromatic N) is 1. The largest absolute Gasteiger partial charge is 0.399 e. The Labute approximate surface area is 81.9 Å². The van der Waals surface area contributed by atoms with Gasteiger partial charge in [-0.15, -0.1) is 0 Å². The summed E-state index contributed by atoms with van der Waals surface area (Å²) in [5, 5.41) is 9.30. The molecule has 1 aromatic rings. The third kappa shape index (κ3) is 1.32. The first kappa shape index (κ1) is 9.27. The van der Waals surface area contributed by atoms with E-state index in [1.807, 2.05) is 11.8 Å². The fourth-order valence-electron chi connectivity index (χ4n) is 1.66. The van der Waals surface area contributed by atoms with Crippen molar-refractivity contribution in [1.29, 1.82) is 0 Å². The van der Waals surface area contributed by atoms with Gasteiger partial charge in [0.2, 0.25) is 0 Å². The molecule has 1 aliphatic rings. The topological polar surface area (TPSA) is 49.5 Å². The Morgan fingerprint density at radius 3 is 2.79 bits per heavy atom. The van der Waals surface area contributed by atoms with Crippen LogP contribution in [-0.2, 0) is 0 Å². The Kier molecular flexibility index (Phi) is 2.07. The lowest BCUT2D eigenvalue weighted by atomic mass is 10.00. The minimum absolute atomic E-state index is 0.0203. The fraction of sp³-hybridized carbons (Fsp3) is 0.400. The third-order valence-corrected chi connectivity index (χ3v) is 2.71. The van der Waals surface area contributed by atoms with Crippen LogP contribution >= 0.6 is 0 Å². The summed E-state index contributed by atoms with van der Waals surface area (Å²) in [6.45, 7) is 2.35. The molecule has 3 nitrogen and oxygen atoms in total. The maximum absolute atomic E-state index is 13.4. The quantitative estimate of drug-likeness (QED) is 0.658. The zero-order chi connectivity index (χ0) is 10.3. The van der Waals surface area contributed by atoms with Gasteiger partial charge in [0.25, 0.3) is 0 Å². The number of nitrogens with two attached hydrogens (primary N) is 1. The van der Waals surface area contributed by atoms with E-state index in [0.717, 1.165) is 0 Å². The Balaban J connectivity index is 2.25. The maximum Gasteiger partial charge on any atom is 0.148 e. The summed E-state index contributed by atoms with van der Waals surface area (Å²) in [6.07, 6.45) is -0.355. The minimum Gasteiger partial charge on any atom is -0.399 e. The van der Waals surface area contributed by atoms with Crippen molar-refractivity contribution in [1.82, 2.24) is 0 Å². The molecule has 0 aliphatic carbocycles. The van der Waals surface area contributed by atoms with E-state index in [2.05, 4.69) is 0 Å². The van der Waals surface area contributed by atoms with Crippen LogP contribution in [0.2, 0.25) is 0 Å².